The predicted molar refractivity (Wildman–Crippen MR) is 107 cm³/mol. The molecule has 6 heteroatoms. The van der Waals surface area contributed by atoms with Crippen LogP contribution in [0.25, 0.3) is 16.2 Å². The summed E-state index contributed by atoms with van der Waals surface area (Å²) in [6.07, 6.45) is 2.25. The first-order chi connectivity index (χ1) is 12.6. The van der Waals surface area contributed by atoms with Gasteiger partial charge >= 0.3 is 0 Å². The van der Waals surface area contributed by atoms with Gasteiger partial charge in [0.1, 0.15) is 0 Å². The largest absolute Gasteiger partial charge is 0.326 e. The molecule has 4 rings (SSSR count). The normalized spacial score (nSPS) is 11.0. The van der Waals surface area contributed by atoms with Crippen LogP contribution < -0.4 is 5.32 Å². The van der Waals surface area contributed by atoms with Crippen molar-refractivity contribution in [2.45, 2.75) is 13.3 Å². The molecule has 26 heavy (non-hydrogen) atoms. The summed E-state index contributed by atoms with van der Waals surface area (Å²) in [6.45, 7) is 1.93. The second-order valence-corrected chi connectivity index (χ2v) is 7.30. The average Bonchev–Trinajstić information content (AvgIpc) is 3.21. The topological polar surface area (TPSA) is 46.4 Å². The average molecular weight is 382 g/mol. The molecule has 0 unspecified atom stereocenters. The van der Waals surface area contributed by atoms with Crippen LogP contribution in [-0.4, -0.2) is 15.3 Å². The van der Waals surface area contributed by atoms with Gasteiger partial charge in [-0.05, 0) is 24.6 Å². The summed E-state index contributed by atoms with van der Waals surface area (Å²) in [5.41, 5.74) is 4.57. The highest BCUT2D eigenvalue weighted by atomic mass is 35.5. The predicted octanol–water partition coefficient (Wildman–Crippen LogP) is 5.21. The molecular weight excluding hydrogens is 366 g/mol. The molecule has 0 bridgehead atoms. The van der Waals surface area contributed by atoms with Crippen LogP contribution in [0.4, 0.5) is 5.69 Å². The standard InChI is InChI=1S/C20H16ClN3OS/c1-13-7-8-15(9-17(13)21)22-19(25)10-16-12-26-20-23-18(11-24(16)20)14-5-3-2-4-6-14/h2-9,11-12H,10H2,1H3,(H,22,25). The van der Waals surface area contributed by atoms with Gasteiger partial charge < -0.3 is 5.32 Å². The SMILES string of the molecule is Cc1ccc(NC(=O)Cc2csc3nc(-c4ccccc4)cn23)cc1Cl. The summed E-state index contributed by atoms with van der Waals surface area (Å²) in [6, 6.07) is 15.5. The second kappa shape index (κ2) is 6.94. The molecule has 1 amide bonds. The monoisotopic (exact) mass is 381 g/mol. The van der Waals surface area contributed by atoms with E-state index in [-0.39, 0.29) is 12.3 Å². The fourth-order valence-corrected chi connectivity index (χ4v) is 3.80. The Morgan fingerprint density at radius 1 is 1.23 bits per heavy atom. The Labute approximate surface area is 160 Å². The van der Waals surface area contributed by atoms with Crippen molar-refractivity contribution in [2.24, 2.45) is 0 Å². The molecule has 1 N–H and O–H groups in total. The van der Waals surface area contributed by atoms with Crippen LogP contribution in [0.2, 0.25) is 5.02 Å². The fourth-order valence-electron chi connectivity index (χ4n) is 2.74. The molecule has 0 aliphatic heterocycles. The number of amides is 1. The number of hydrogen-bond acceptors (Lipinski definition) is 3. The Bertz CT molecular complexity index is 1090. The molecule has 0 radical (unpaired) electrons. The van der Waals surface area contributed by atoms with Crippen molar-refractivity contribution < 1.29 is 4.79 Å². The number of carbonyl (C=O) groups excluding carboxylic acids is 1. The van der Waals surface area contributed by atoms with Crippen molar-refractivity contribution in [1.82, 2.24) is 9.38 Å². The van der Waals surface area contributed by atoms with Crippen molar-refractivity contribution in [3.8, 4) is 11.3 Å². The molecule has 130 valence electrons. The number of thiazole rings is 1. The van der Waals surface area contributed by atoms with Crippen LogP contribution in [0.1, 0.15) is 11.3 Å². The van der Waals surface area contributed by atoms with Crippen LogP contribution in [0, 0.1) is 6.92 Å². The number of hydrogen-bond donors (Lipinski definition) is 1. The summed E-state index contributed by atoms with van der Waals surface area (Å²) < 4.78 is 1.98. The maximum absolute atomic E-state index is 12.4. The van der Waals surface area contributed by atoms with E-state index in [1.807, 2.05) is 65.4 Å². The molecule has 0 atom stereocenters. The highest BCUT2D eigenvalue weighted by Crippen LogP contribution is 2.24. The minimum atomic E-state index is -0.0837. The Hall–Kier alpha value is -2.63. The zero-order valence-electron chi connectivity index (χ0n) is 14.1. The molecular formula is C20H16ClN3OS. The molecule has 2 aromatic carbocycles. The quantitative estimate of drug-likeness (QED) is 0.527. The number of halogens is 1. The number of aryl methyl sites for hydroxylation is 1. The summed E-state index contributed by atoms with van der Waals surface area (Å²) in [5.74, 6) is -0.0837. The summed E-state index contributed by atoms with van der Waals surface area (Å²) >= 11 is 7.65. The second-order valence-electron chi connectivity index (χ2n) is 6.06. The van der Waals surface area contributed by atoms with Gasteiger partial charge in [0.05, 0.1) is 12.1 Å². The zero-order chi connectivity index (χ0) is 18.1. The molecule has 2 heterocycles. The first kappa shape index (κ1) is 16.8. The molecule has 0 saturated carbocycles. The Kier molecular flexibility index (Phi) is 4.49. The van der Waals surface area contributed by atoms with Crippen molar-refractivity contribution in [1.29, 1.82) is 0 Å². The lowest BCUT2D eigenvalue weighted by Crippen LogP contribution is -2.15. The van der Waals surface area contributed by atoms with Gasteiger partial charge in [-0.3, -0.25) is 9.20 Å². The third kappa shape index (κ3) is 3.36. The third-order valence-electron chi connectivity index (χ3n) is 4.15. The van der Waals surface area contributed by atoms with Gasteiger partial charge in [0.25, 0.3) is 0 Å². The maximum atomic E-state index is 12.4. The summed E-state index contributed by atoms with van der Waals surface area (Å²) in [5, 5.41) is 5.51. The molecule has 0 aliphatic carbocycles. The first-order valence-corrected chi connectivity index (χ1v) is 9.43. The highest BCUT2D eigenvalue weighted by molar-refractivity contribution is 7.15. The smallest absolute Gasteiger partial charge is 0.230 e. The number of anilines is 1. The van der Waals surface area contributed by atoms with Gasteiger partial charge in [-0.2, -0.15) is 0 Å². The Morgan fingerprint density at radius 3 is 2.81 bits per heavy atom. The molecule has 4 aromatic rings. The van der Waals surface area contributed by atoms with E-state index < -0.39 is 0 Å². The van der Waals surface area contributed by atoms with Gasteiger partial charge in [-0.15, -0.1) is 11.3 Å². The molecule has 0 aliphatic rings. The van der Waals surface area contributed by atoms with E-state index in [9.17, 15) is 4.79 Å². The summed E-state index contributed by atoms with van der Waals surface area (Å²) in [4.78, 5) is 17.9. The van der Waals surface area contributed by atoms with Crippen molar-refractivity contribution in [2.75, 3.05) is 5.32 Å². The number of benzene rings is 2. The van der Waals surface area contributed by atoms with Gasteiger partial charge in [0.15, 0.2) is 4.96 Å². The van der Waals surface area contributed by atoms with E-state index in [0.29, 0.717) is 10.7 Å². The van der Waals surface area contributed by atoms with E-state index in [4.69, 9.17) is 11.6 Å². The highest BCUT2D eigenvalue weighted by Gasteiger charge is 2.13. The Balaban J connectivity index is 1.54. The van der Waals surface area contributed by atoms with E-state index in [0.717, 1.165) is 27.5 Å². The van der Waals surface area contributed by atoms with Crippen molar-refractivity contribution >= 4 is 39.5 Å². The molecule has 0 saturated heterocycles. The van der Waals surface area contributed by atoms with Gasteiger partial charge in [-0.1, -0.05) is 48.0 Å². The van der Waals surface area contributed by atoms with E-state index in [1.54, 1.807) is 6.07 Å². The van der Waals surface area contributed by atoms with Crippen LogP contribution in [0.3, 0.4) is 0 Å². The number of nitrogens with one attached hydrogen (secondary N) is 1. The lowest BCUT2D eigenvalue weighted by atomic mass is 10.2. The van der Waals surface area contributed by atoms with Crippen LogP contribution >= 0.6 is 22.9 Å². The van der Waals surface area contributed by atoms with Crippen molar-refractivity contribution in [3.63, 3.8) is 0 Å². The first-order valence-electron chi connectivity index (χ1n) is 8.17. The van der Waals surface area contributed by atoms with E-state index in [2.05, 4.69) is 10.3 Å². The van der Waals surface area contributed by atoms with E-state index >= 15 is 0 Å². The molecule has 2 aromatic heterocycles. The number of aromatic nitrogens is 2. The van der Waals surface area contributed by atoms with Crippen LogP contribution in [0.5, 0.6) is 0 Å². The van der Waals surface area contributed by atoms with Crippen LogP contribution in [0.15, 0.2) is 60.1 Å². The molecule has 0 fully saturated rings. The Morgan fingerprint density at radius 2 is 2.04 bits per heavy atom. The number of fused-ring (bicyclic) bond motifs is 1. The molecule has 4 nitrogen and oxygen atoms in total. The maximum Gasteiger partial charge on any atom is 0.230 e. The lowest BCUT2D eigenvalue weighted by molar-refractivity contribution is -0.115. The van der Waals surface area contributed by atoms with Crippen LogP contribution in [-0.2, 0) is 11.2 Å². The van der Waals surface area contributed by atoms with Gasteiger partial charge in [-0.25, -0.2) is 4.98 Å². The molecule has 0 spiro atoms. The van der Waals surface area contributed by atoms with Gasteiger partial charge in [0.2, 0.25) is 5.91 Å². The third-order valence-corrected chi connectivity index (χ3v) is 5.45. The number of nitrogens with zero attached hydrogens (tertiary/aromatic N) is 2. The fraction of sp³-hybridized carbons (Fsp3) is 0.100. The minimum Gasteiger partial charge on any atom is -0.326 e. The minimum absolute atomic E-state index is 0.0837. The van der Waals surface area contributed by atoms with Gasteiger partial charge in [0, 0.05) is 33.5 Å². The lowest BCUT2D eigenvalue weighted by Gasteiger charge is -2.06. The number of imidazole rings is 1. The zero-order valence-corrected chi connectivity index (χ0v) is 15.6. The van der Waals surface area contributed by atoms with E-state index in [1.165, 1.54) is 11.3 Å². The summed E-state index contributed by atoms with van der Waals surface area (Å²) in [7, 11) is 0. The number of rotatable bonds is 4. The van der Waals surface area contributed by atoms with Crippen molar-refractivity contribution in [3.05, 3.63) is 76.4 Å². The number of carbonyl (C=O) groups is 1.